The Morgan fingerprint density at radius 1 is 1.27 bits per heavy atom. The highest BCUT2D eigenvalue weighted by Crippen LogP contribution is 2.06. The third-order valence-electron chi connectivity index (χ3n) is 1.65. The fourth-order valence-electron chi connectivity index (χ4n) is 0.872. The van der Waals surface area contributed by atoms with Crippen LogP contribution >= 0.6 is 11.2 Å². The standard InChI is InChI=1S/C8H20OSSi/c1-4-7-10-11-9-8(5-2)6-3/h8H,4-7,11H2,1-3H3. The Labute approximate surface area is 76.9 Å². The molecule has 3 heteroatoms. The van der Waals surface area contributed by atoms with E-state index in [4.69, 9.17) is 4.43 Å². The van der Waals surface area contributed by atoms with Crippen LogP contribution in [0, 0.1) is 0 Å². The van der Waals surface area contributed by atoms with Crippen LogP contribution in [0.3, 0.4) is 0 Å². The van der Waals surface area contributed by atoms with Crippen molar-refractivity contribution >= 4 is 20.1 Å². The topological polar surface area (TPSA) is 9.23 Å². The molecular formula is C8H20OSSi. The summed E-state index contributed by atoms with van der Waals surface area (Å²) in [5.41, 5.74) is 0. The second kappa shape index (κ2) is 8.62. The lowest BCUT2D eigenvalue weighted by Gasteiger charge is -2.12. The minimum atomic E-state index is -0.252. The molecule has 0 aliphatic carbocycles. The summed E-state index contributed by atoms with van der Waals surface area (Å²) in [5, 5.41) is 0. The minimum Gasteiger partial charge on any atom is -0.410 e. The summed E-state index contributed by atoms with van der Waals surface area (Å²) < 4.78 is 5.74. The van der Waals surface area contributed by atoms with E-state index in [1.807, 2.05) is 11.2 Å². The second-order valence-corrected chi connectivity index (χ2v) is 5.95. The van der Waals surface area contributed by atoms with Crippen LogP contribution in [0.25, 0.3) is 0 Å². The van der Waals surface area contributed by atoms with Gasteiger partial charge in [0.25, 0.3) is 0 Å². The Balaban J connectivity index is 3.07. The largest absolute Gasteiger partial charge is 0.410 e. The molecule has 0 aliphatic rings. The van der Waals surface area contributed by atoms with Gasteiger partial charge in [0.2, 0.25) is 8.91 Å². The van der Waals surface area contributed by atoms with Crippen molar-refractivity contribution in [3.8, 4) is 0 Å². The molecule has 0 aromatic rings. The van der Waals surface area contributed by atoms with Crippen molar-refractivity contribution in [1.29, 1.82) is 0 Å². The lowest BCUT2D eigenvalue weighted by molar-refractivity contribution is 0.209. The Morgan fingerprint density at radius 2 is 1.91 bits per heavy atom. The smallest absolute Gasteiger partial charge is 0.222 e. The third-order valence-corrected chi connectivity index (χ3v) is 4.89. The molecule has 68 valence electrons. The normalized spacial score (nSPS) is 12.0. The highest BCUT2D eigenvalue weighted by molar-refractivity contribution is 8.21. The highest BCUT2D eigenvalue weighted by atomic mass is 32.4. The SMILES string of the molecule is CCCS[SiH2]OC(CC)CC. The predicted octanol–water partition coefficient (Wildman–Crippen LogP) is 2.33. The number of hydrogen-bond acceptors (Lipinski definition) is 2. The van der Waals surface area contributed by atoms with Crippen molar-refractivity contribution in [2.24, 2.45) is 0 Å². The zero-order valence-electron chi connectivity index (χ0n) is 7.93. The molecule has 0 saturated heterocycles. The van der Waals surface area contributed by atoms with Gasteiger partial charge in [-0.3, -0.25) is 0 Å². The lowest BCUT2D eigenvalue weighted by Crippen LogP contribution is -2.11. The first-order valence-electron chi connectivity index (χ1n) is 4.54. The maximum absolute atomic E-state index is 5.74. The molecule has 0 aromatic heterocycles. The van der Waals surface area contributed by atoms with E-state index in [0.717, 1.165) is 0 Å². The zero-order valence-corrected chi connectivity index (χ0v) is 10.2. The number of hydrogen-bond donors (Lipinski definition) is 0. The molecule has 0 aromatic carbocycles. The molecule has 0 fully saturated rings. The fraction of sp³-hybridized carbons (Fsp3) is 1.00. The molecular weight excluding hydrogens is 172 g/mol. The van der Waals surface area contributed by atoms with Gasteiger partial charge in [-0.05, 0) is 25.0 Å². The van der Waals surface area contributed by atoms with Crippen LogP contribution < -0.4 is 0 Å². The van der Waals surface area contributed by atoms with E-state index in [2.05, 4.69) is 20.8 Å². The van der Waals surface area contributed by atoms with Crippen molar-refractivity contribution in [1.82, 2.24) is 0 Å². The average Bonchev–Trinajstić information content (AvgIpc) is 2.05. The number of rotatable bonds is 7. The van der Waals surface area contributed by atoms with Gasteiger partial charge in [0.1, 0.15) is 0 Å². The Kier molecular flexibility index (Phi) is 9.03. The first-order valence-corrected chi connectivity index (χ1v) is 8.00. The first kappa shape index (κ1) is 11.5. The van der Waals surface area contributed by atoms with Crippen LogP contribution in [-0.2, 0) is 4.43 Å². The summed E-state index contributed by atoms with van der Waals surface area (Å²) in [4.78, 5) is 0. The summed E-state index contributed by atoms with van der Waals surface area (Å²) in [5.74, 6) is 1.28. The second-order valence-electron chi connectivity index (χ2n) is 2.63. The van der Waals surface area contributed by atoms with Crippen LogP contribution in [0.15, 0.2) is 0 Å². The molecule has 0 unspecified atom stereocenters. The van der Waals surface area contributed by atoms with Crippen molar-refractivity contribution < 1.29 is 4.43 Å². The molecule has 11 heavy (non-hydrogen) atoms. The average molecular weight is 192 g/mol. The molecule has 0 rings (SSSR count). The molecule has 0 bridgehead atoms. The fourth-order valence-corrected chi connectivity index (χ4v) is 4.12. The van der Waals surface area contributed by atoms with Crippen molar-refractivity contribution in [2.75, 3.05) is 5.75 Å². The van der Waals surface area contributed by atoms with E-state index in [1.165, 1.54) is 25.0 Å². The third kappa shape index (κ3) is 6.91. The van der Waals surface area contributed by atoms with Gasteiger partial charge in [-0.2, -0.15) is 11.2 Å². The van der Waals surface area contributed by atoms with Crippen LogP contribution in [0.2, 0.25) is 0 Å². The highest BCUT2D eigenvalue weighted by Gasteiger charge is 2.01. The monoisotopic (exact) mass is 192 g/mol. The van der Waals surface area contributed by atoms with Crippen LogP contribution in [0.5, 0.6) is 0 Å². The molecule has 0 N–H and O–H groups in total. The molecule has 1 nitrogen and oxygen atoms in total. The van der Waals surface area contributed by atoms with Crippen molar-refractivity contribution in [3.63, 3.8) is 0 Å². The van der Waals surface area contributed by atoms with Gasteiger partial charge in [-0.1, -0.05) is 20.8 Å². The van der Waals surface area contributed by atoms with Gasteiger partial charge in [0.15, 0.2) is 0 Å². The molecule has 0 amide bonds. The quantitative estimate of drug-likeness (QED) is 0.452. The summed E-state index contributed by atoms with van der Waals surface area (Å²) in [6.45, 7) is 6.62. The zero-order chi connectivity index (χ0) is 8.53. The summed E-state index contributed by atoms with van der Waals surface area (Å²) in [7, 11) is -0.252. The minimum absolute atomic E-state index is 0.252. The van der Waals surface area contributed by atoms with Gasteiger partial charge in [-0.25, -0.2) is 0 Å². The van der Waals surface area contributed by atoms with Crippen molar-refractivity contribution in [3.05, 3.63) is 0 Å². The Hall–Kier alpha value is 0.527. The van der Waals surface area contributed by atoms with Gasteiger partial charge in [0, 0.05) is 6.10 Å². The van der Waals surface area contributed by atoms with Gasteiger partial charge in [0.05, 0.1) is 0 Å². The van der Waals surface area contributed by atoms with Crippen LogP contribution in [-0.4, -0.2) is 20.8 Å². The summed E-state index contributed by atoms with van der Waals surface area (Å²) in [6, 6.07) is 0. The van der Waals surface area contributed by atoms with E-state index < -0.39 is 0 Å². The molecule has 0 spiro atoms. The van der Waals surface area contributed by atoms with Crippen molar-refractivity contribution in [2.45, 2.75) is 46.1 Å². The Bertz CT molecular complexity index is 76.5. The maximum atomic E-state index is 5.74. The molecule has 0 aliphatic heterocycles. The van der Waals surface area contributed by atoms with Crippen LogP contribution in [0.1, 0.15) is 40.0 Å². The van der Waals surface area contributed by atoms with E-state index in [0.29, 0.717) is 6.10 Å². The Morgan fingerprint density at radius 3 is 2.36 bits per heavy atom. The summed E-state index contributed by atoms with van der Waals surface area (Å²) in [6.07, 6.45) is 4.18. The molecule has 0 radical (unpaired) electrons. The molecule has 0 heterocycles. The van der Waals surface area contributed by atoms with Gasteiger partial charge in [-0.15, -0.1) is 0 Å². The van der Waals surface area contributed by atoms with E-state index in [1.54, 1.807) is 0 Å². The predicted molar refractivity (Wildman–Crippen MR) is 56.7 cm³/mol. The first-order chi connectivity index (χ1) is 5.35. The molecule has 0 saturated carbocycles. The maximum Gasteiger partial charge on any atom is 0.222 e. The van der Waals surface area contributed by atoms with E-state index in [-0.39, 0.29) is 8.91 Å². The van der Waals surface area contributed by atoms with E-state index in [9.17, 15) is 0 Å². The lowest BCUT2D eigenvalue weighted by atomic mass is 10.2. The van der Waals surface area contributed by atoms with Crippen LogP contribution in [0.4, 0.5) is 0 Å². The molecule has 0 atom stereocenters. The van der Waals surface area contributed by atoms with Gasteiger partial charge < -0.3 is 4.43 Å². The summed E-state index contributed by atoms with van der Waals surface area (Å²) >= 11 is 2.03. The van der Waals surface area contributed by atoms with E-state index >= 15 is 0 Å². The van der Waals surface area contributed by atoms with Gasteiger partial charge >= 0.3 is 0 Å².